The standard InChI is InChI=1S/C2H6N2.CH4O.ClH/c1-2(3)4;1-2;/h1H3,(H3,3,4);2H,1H3;1H. The van der Waals surface area contributed by atoms with Crippen LogP contribution >= 0.6 is 12.4 Å². The summed E-state index contributed by atoms with van der Waals surface area (Å²) in [5.41, 5.74) is 4.69. The first-order valence-corrected chi connectivity index (χ1v) is 1.49. The van der Waals surface area contributed by atoms with Crippen LogP contribution < -0.4 is 5.73 Å². The largest absolute Gasteiger partial charge is 0.400 e. The summed E-state index contributed by atoms with van der Waals surface area (Å²) >= 11 is 0. The second-order valence-electron chi connectivity index (χ2n) is 0.683. The summed E-state index contributed by atoms with van der Waals surface area (Å²) in [7, 11) is 1.00. The maximum atomic E-state index is 7.00. The van der Waals surface area contributed by atoms with Crippen LogP contribution in [0.1, 0.15) is 6.92 Å². The molecular formula is C3H11ClN2O. The van der Waals surface area contributed by atoms with Crippen LogP contribution in [0, 0.1) is 5.41 Å². The SMILES string of the molecule is CC(=N)N.CO.Cl. The van der Waals surface area contributed by atoms with Crippen molar-refractivity contribution in [3.63, 3.8) is 0 Å². The number of aliphatic hydroxyl groups is 1. The minimum atomic E-state index is 0. The monoisotopic (exact) mass is 126 g/mol. The Hall–Kier alpha value is -0.280. The van der Waals surface area contributed by atoms with E-state index < -0.39 is 0 Å². The summed E-state index contributed by atoms with van der Waals surface area (Å²) in [6.45, 7) is 1.53. The molecule has 4 heteroatoms. The second-order valence-corrected chi connectivity index (χ2v) is 0.683. The molecule has 0 amide bonds. The minimum Gasteiger partial charge on any atom is -0.400 e. The van der Waals surface area contributed by atoms with Gasteiger partial charge in [-0.3, -0.25) is 5.41 Å². The van der Waals surface area contributed by atoms with Crippen LogP contribution in [0.5, 0.6) is 0 Å². The molecule has 0 heterocycles. The van der Waals surface area contributed by atoms with Gasteiger partial charge in [0.15, 0.2) is 0 Å². The molecule has 4 N–H and O–H groups in total. The van der Waals surface area contributed by atoms with Gasteiger partial charge in [0.05, 0.1) is 5.84 Å². The van der Waals surface area contributed by atoms with E-state index in [-0.39, 0.29) is 18.2 Å². The molecule has 0 saturated heterocycles. The molecule has 0 bridgehead atoms. The van der Waals surface area contributed by atoms with Crippen molar-refractivity contribution >= 4 is 18.2 Å². The second kappa shape index (κ2) is 17.2. The normalized spacial score (nSPS) is 4.43. The Balaban J connectivity index is -0.0000000480. The van der Waals surface area contributed by atoms with Gasteiger partial charge in [0.25, 0.3) is 0 Å². The lowest BCUT2D eigenvalue weighted by Gasteiger charge is -1.66. The molecule has 46 valence electrons. The summed E-state index contributed by atoms with van der Waals surface area (Å²) < 4.78 is 0. The van der Waals surface area contributed by atoms with Gasteiger partial charge < -0.3 is 10.8 Å². The third-order valence-electron chi connectivity index (χ3n) is 0. The summed E-state index contributed by atoms with van der Waals surface area (Å²) in [5.74, 6) is 0.167. The van der Waals surface area contributed by atoms with Gasteiger partial charge in [0.2, 0.25) is 0 Å². The summed E-state index contributed by atoms with van der Waals surface area (Å²) in [4.78, 5) is 0. The average molecular weight is 127 g/mol. The van der Waals surface area contributed by atoms with Gasteiger partial charge in [0, 0.05) is 7.11 Å². The van der Waals surface area contributed by atoms with Gasteiger partial charge in [-0.05, 0) is 6.92 Å². The molecule has 0 rings (SSSR count). The lowest BCUT2D eigenvalue weighted by molar-refractivity contribution is 0.399. The number of hydrogen-bond acceptors (Lipinski definition) is 2. The van der Waals surface area contributed by atoms with E-state index in [2.05, 4.69) is 0 Å². The van der Waals surface area contributed by atoms with Gasteiger partial charge in [-0.15, -0.1) is 12.4 Å². The molecule has 0 saturated carbocycles. The maximum absolute atomic E-state index is 7.00. The van der Waals surface area contributed by atoms with Gasteiger partial charge in [-0.25, -0.2) is 0 Å². The highest BCUT2D eigenvalue weighted by Gasteiger charge is 1.53. The summed E-state index contributed by atoms with van der Waals surface area (Å²) in [6.07, 6.45) is 0. The molecule has 0 atom stereocenters. The van der Waals surface area contributed by atoms with E-state index in [1.165, 1.54) is 6.92 Å². The van der Waals surface area contributed by atoms with Gasteiger partial charge in [-0.1, -0.05) is 0 Å². The molecule has 0 unspecified atom stereocenters. The number of aliphatic hydroxyl groups excluding tert-OH is 1. The Kier molecular flexibility index (Phi) is 39.1. The number of nitrogens with two attached hydrogens (primary N) is 1. The van der Waals surface area contributed by atoms with Crippen LogP contribution in [0.4, 0.5) is 0 Å². The summed E-state index contributed by atoms with van der Waals surface area (Å²) in [5, 5.41) is 13.3. The van der Waals surface area contributed by atoms with Crippen molar-refractivity contribution in [1.29, 1.82) is 5.41 Å². The predicted molar refractivity (Wildman–Crippen MR) is 33.0 cm³/mol. The third kappa shape index (κ3) is 1010. The van der Waals surface area contributed by atoms with Crippen LogP contribution in [-0.4, -0.2) is 18.1 Å². The van der Waals surface area contributed by atoms with E-state index in [4.69, 9.17) is 16.2 Å². The Morgan fingerprint density at radius 2 is 1.57 bits per heavy atom. The van der Waals surface area contributed by atoms with E-state index >= 15 is 0 Å². The van der Waals surface area contributed by atoms with Crippen molar-refractivity contribution in [1.82, 2.24) is 0 Å². The van der Waals surface area contributed by atoms with Crippen LogP contribution in [0.3, 0.4) is 0 Å². The van der Waals surface area contributed by atoms with Crippen molar-refractivity contribution < 1.29 is 5.11 Å². The van der Waals surface area contributed by atoms with Gasteiger partial charge in [0.1, 0.15) is 0 Å². The van der Waals surface area contributed by atoms with Crippen LogP contribution in [-0.2, 0) is 0 Å². The maximum Gasteiger partial charge on any atom is 0.0873 e. The molecular weight excluding hydrogens is 115 g/mol. The van der Waals surface area contributed by atoms with Crippen LogP contribution in [0.25, 0.3) is 0 Å². The highest BCUT2D eigenvalue weighted by molar-refractivity contribution is 5.85. The quantitative estimate of drug-likeness (QED) is 0.315. The molecule has 0 aliphatic rings. The summed E-state index contributed by atoms with van der Waals surface area (Å²) in [6, 6.07) is 0. The van der Waals surface area contributed by atoms with Crippen molar-refractivity contribution in [2.45, 2.75) is 6.92 Å². The molecule has 0 radical (unpaired) electrons. The van der Waals surface area contributed by atoms with Gasteiger partial charge in [-0.2, -0.15) is 0 Å². The number of rotatable bonds is 0. The zero-order valence-electron chi connectivity index (χ0n) is 4.43. The molecule has 0 aliphatic carbocycles. The fourth-order valence-corrected chi connectivity index (χ4v) is 0. The third-order valence-corrected chi connectivity index (χ3v) is 0. The Morgan fingerprint density at radius 3 is 1.57 bits per heavy atom. The Bertz CT molecular complexity index is 35.9. The van der Waals surface area contributed by atoms with E-state index in [0.29, 0.717) is 0 Å². The predicted octanol–water partition coefficient (Wildman–Crippen LogP) is -0.0274. The first-order chi connectivity index (χ1) is 2.73. The molecule has 3 nitrogen and oxygen atoms in total. The number of nitrogens with one attached hydrogen (secondary N) is 1. The highest BCUT2D eigenvalue weighted by atomic mass is 35.5. The molecule has 0 aromatic rings. The van der Waals surface area contributed by atoms with E-state index in [1.54, 1.807) is 0 Å². The fourth-order valence-electron chi connectivity index (χ4n) is 0. The number of amidine groups is 1. The minimum absolute atomic E-state index is 0. The van der Waals surface area contributed by atoms with Gasteiger partial charge >= 0.3 is 0 Å². The highest BCUT2D eigenvalue weighted by Crippen LogP contribution is 1.36. The molecule has 7 heavy (non-hydrogen) atoms. The zero-order chi connectivity index (χ0) is 5.58. The van der Waals surface area contributed by atoms with E-state index in [1.807, 2.05) is 0 Å². The smallest absolute Gasteiger partial charge is 0.0873 e. The molecule has 0 aromatic carbocycles. The van der Waals surface area contributed by atoms with Crippen molar-refractivity contribution in [2.75, 3.05) is 7.11 Å². The van der Waals surface area contributed by atoms with E-state index in [9.17, 15) is 0 Å². The number of hydrogen-bond donors (Lipinski definition) is 3. The number of halogens is 1. The lowest BCUT2D eigenvalue weighted by atomic mass is 10.8. The fraction of sp³-hybridized carbons (Fsp3) is 0.667. The average Bonchev–Trinajstić information content (AvgIpc) is 1.41. The zero-order valence-corrected chi connectivity index (χ0v) is 5.25. The lowest BCUT2D eigenvalue weighted by Crippen LogP contribution is -2.00. The Morgan fingerprint density at radius 1 is 1.57 bits per heavy atom. The molecule has 0 aromatic heterocycles. The van der Waals surface area contributed by atoms with Crippen LogP contribution in [0.15, 0.2) is 0 Å². The van der Waals surface area contributed by atoms with Crippen molar-refractivity contribution in [3.8, 4) is 0 Å². The first kappa shape index (κ1) is 15.9. The van der Waals surface area contributed by atoms with Crippen LogP contribution in [0.2, 0.25) is 0 Å². The topological polar surface area (TPSA) is 70.1 Å². The van der Waals surface area contributed by atoms with Crippen molar-refractivity contribution in [2.24, 2.45) is 5.73 Å². The first-order valence-electron chi connectivity index (χ1n) is 1.49. The molecule has 0 fully saturated rings. The molecule has 0 spiro atoms. The Labute approximate surface area is 49.4 Å². The van der Waals surface area contributed by atoms with Crippen molar-refractivity contribution in [3.05, 3.63) is 0 Å². The molecule has 0 aliphatic heterocycles. The van der Waals surface area contributed by atoms with E-state index in [0.717, 1.165) is 7.11 Å².